The van der Waals surface area contributed by atoms with E-state index in [1.807, 2.05) is 30.3 Å². The van der Waals surface area contributed by atoms with E-state index >= 15 is 0 Å². The molecule has 2 rings (SSSR count). The first-order chi connectivity index (χ1) is 12.7. The Hall–Kier alpha value is -1.54. The van der Waals surface area contributed by atoms with Crippen LogP contribution in [-0.4, -0.2) is 62.7 Å². The quantitative estimate of drug-likeness (QED) is 0.607. The monoisotopic (exact) mass is 364 g/mol. The van der Waals surface area contributed by atoms with Crippen molar-refractivity contribution in [1.82, 2.24) is 0 Å². The largest absolute Gasteiger partial charge is 0.387 e. The van der Waals surface area contributed by atoms with Crippen LogP contribution in [0, 0.1) is 0 Å². The average Bonchev–Trinajstić information content (AvgIpc) is 2.67. The van der Waals surface area contributed by atoms with Gasteiger partial charge in [-0.25, -0.2) is 0 Å². The van der Waals surface area contributed by atoms with Crippen molar-refractivity contribution in [3.63, 3.8) is 0 Å². The van der Waals surface area contributed by atoms with Gasteiger partial charge in [-0.3, -0.25) is 0 Å². The van der Waals surface area contributed by atoms with E-state index in [2.05, 4.69) is 13.2 Å². The van der Waals surface area contributed by atoms with Crippen LogP contribution in [0.3, 0.4) is 0 Å². The first kappa shape index (κ1) is 20.8. The van der Waals surface area contributed by atoms with Gasteiger partial charge in [0.2, 0.25) is 0 Å². The molecule has 26 heavy (non-hydrogen) atoms. The minimum absolute atomic E-state index is 0.206. The van der Waals surface area contributed by atoms with Gasteiger partial charge in [-0.05, 0) is 5.56 Å². The van der Waals surface area contributed by atoms with E-state index in [1.165, 1.54) is 7.11 Å². The lowest BCUT2D eigenvalue weighted by Gasteiger charge is -2.43. The second kappa shape index (κ2) is 11.2. The van der Waals surface area contributed by atoms with Crippen LogP contribution in [0.1, 0.15) is 5.56 Å². The molecule has 0 aliphatic carbocycles. The van der Waals surface area contributed by atoms with Gasteiger partial charge in [-0.2, -0.15) is 0 Å². The Balaban J connectivity index is 2.00. The molecule has 0 saturated carbocycles. The number of hydrogen-bond acceptors (Lipinski definition) is 6. The van der Waals surface area contributed by atoms with E-state index in [4.69, 9.17) is 23.7 Å². The molecule has 144 valence electrons. The number of rotatable bonds is 11. The third kappa shape index (κ3) is 5.74. The molecule has 1 heterocycles. The number of aliphatic hydroxyl groups is 1. The summed E-state index contributed by atoms with van der Waals surface area (Å²) in [6, 6.07) is 9.81. The Labute approximate surface area is 155 Å². The summed E-state index contributed by atoms with van der Waals surface area (Å²) in [5.74, 6) is 0. The maximum Gasteiger partial charge on any atom is 0.186 e. The molecule has 1 saturated heterocycles. The number of hydrogen-bond donors (Lipinski definition) is 1. The predicted octanol–water partition coefficient (Wildman–Crippen LogP) is 2.08. The summed E-state index contributed by atoms with van der Waals surface area (Å²) in [6.07, 6.45) is -0.170. The van der Waals surface area contributed by atoms with Gasteiger partial charge < -0.3 is 28.8 Å². The lowest BCUT2D eigenvalue weighted by molar-refractivity contribution is -0.309. The van der Waals surface area contributed by atoms with Gasteiger partial charge in [0.1, 0.15) is 24.4 Å². The van der Waals surface area contributed by atoms with Crippen LogP contribution < -0.4 is 0 Å². The molecule has 6 heteroatoms. The Morgan fingerprint density at radius 1 is 1.08 bits per heavy atom. The summed E-state index contributed by atoms with van der Waals surface area (Å²) in [5, 5.41) is 10.7. The SMILES string of the molecule is C=CCO[C@H]1[C@@H](OC)O[C@H](COCc2ccccc2)[C@@H](O)[C@@H]1OCC=C. The number of methoxy groups -OCH3 is 1. The molecular formula is C20H28O6. The Morgan fingerprint density at radius 2 is 1.73 bits per heavy atom. The Kier molecular flexibility index (Phi) is 8.97. The zero-order chi connectivity index (χ0) is 18.8. The van der Waals surface area contributed by atoms with Gasteiger partial charge in [-0.15, -0.1) is 13.2 Å². The van der Waals surface area contributed by atoms with Crippen molar-refractivity contribution in [3.8, 4) is 0 Å². The molecule has 0 aromatic heterocycles. The molecular weight excluding hydrogens is 336 g/mol. The molecule has 0 bridgehead atoms. The van der Waals surface area contributed by atoms with E-state index < -0.39 is 30.7 Å². The van der Waals surface area contributed by atoms with Crippen molar-refractivity contribution in [2.75, 3.05) is 26.9 Å². The van der Waals surface area contributed by atoms with Crippen molar-refractivity contribution in [3.05, 3.63) is 61.2 Å². The zero-order valence-electron chi connectivity index (χ0n) is 15.2. The molecule has 1 fully saturated rings. The van der Waals surface area contributed by atoms with Crippen LogP contribution in [0.15, 0.2) is 55.6 Å². The van der Waals surface area contributed by atoms with Crippen molar-refractivity contribution < 1.29 is 28.8 Å². The van der Waals surface area contributed by atoms with Crippen LogP contribution >= 0.6 is 0 Å². The van der Waals surface area contributed by atoms with Gasteiger partial charge >= 0.3 is 0 Å². The fourth-order valence-electron chi connectivity index (χ4n) is 2.81. The second-order valence-corrected chi connectivity index (χ2v) is 5.94. The molecule has 1 aromatic rings. The third-order valence-corrected chi connectivity index (χ3v) is 4.06. The molecule has 0 radical (unpaired) electrons. The molecule has 0 spiro atoms. The summed E-state index contributed by atoms with van der Waals surface area (Å²) in [5.41, 5.74) is 1.05. The standard InChI is InChI=1S/C20H28O6/c1-4-11-24-18-17(21)16(14-23-13-15-9-7-6-8-10-15)26-20(22-3)19(18)25-12-5-2/h4-10,16-21H,1-2,11-14H2,3H3/t16-,17-,18+,19-,20+/m1/s1. The van der Waals surface area contributed by atoms with Crippen molar-refractivity contribution in [2.45, 2.75) is 37.3 Å². The fourth-order valence-corrected chi connectivity index (χ4v) is 2.81. The highest BCUT2D eigenvalue weighted by Crippen LogP contribution is 2.27. The van der Waals surface area contributed by atoms with Crippen LogP contribution in [0.5, 0.6) is 0 Å². The zero-order valence-corrected chi connectivity index (χ0v) is 15.2. The number of benzene rings is 1. The van der Waals surface area contributed by atoms with Crippen molar-refractivity contribution >= 4 is 0 Å². The highest BCUT2D eigenvalue weighted by atomic mass is 16.7. The van der Waals surface area contributed by atoms with Gasteiger partial charge in [0.25, 0.3) is 0 Å². The minimum Gasteiger partial charge on any atom is -0.387 e. The highest BCUT2D eigenvalue weighted by molar-refractivity contribution is 5.13. The maximum absolute atomic E-state index is 10.7. The topological polar surface area (TPSA) is 66.4 Å². The first-order valence-electron chi connectivity index (χ1n) is 8.64. The van der Waals surface area contributed by atoms with Crippen molar-refractivity contribution in [1.29, 1.82) is 0 Å². The average molecular weight is 364 g/mol. The fraction of sp³-hybridized carbons (Fsp3) is 0.500. The first-order valence-corrected chi connectivity index (χ1v) is 8.64. The summed E-state index contributed by atoms with van der Waals surface area (Å²) in [7, 11) is 1.53. The minimum atomic E-state index is -0.924. The molecule has 0 amide bonds. The summed E-state index contributed by atoms with van der Waals surface area (Å²) in [4.78, 5) is 0. The van der Waals surface area contributed by atoms with E-state index in [0.29, 0.717) is 13.2 Å². The van der Waals surface area contributed by atoms with Crippen molar-refractivity contribution in [2.24, 2.45) is 0 Å². The van der Waals surface area contributed by atoms with Crippen LogP contribution in [-0.2, 0) is 30.3 Å². The number of aliphatic hydroxyl groups excluding tert-OH is 1. The van der Waals surface area contributed by atoms with E-state index in [0.717, 1.165) is 5.56 Å². The smallest absolute Gasteiger partial charge is 0.186 e. The number of ether oxygens (including phenoxy) is 5. The molecule has 1 aliphatic rings. The molecule has 1 aliphatic heterocycles. The van der Waals surface area contributed by atoms with Gasteiger partial charge in [0, 0.05) is 7.11 Å². The molecule has 5 atom stereocenters. The summed E-state index contributed by atoms with van der Waals surface area (Å²) in [6.45, 7) is 8.50. The predicted molar refractivity (Wildman–Crippen MR) is 97.6 cm³/mol. The van der Waals surface area contributed by atoms with Crippen LogP contribution in [0.4, 0.5) is 0 Å². The van der Waals surface area contributed by atoms with Gasteiger partial charge in [-0.1, -0.05) is 42.5 Å². The molecule has 1 N–H and O–H groups in total. The highest BCUT2D eigenvalue weighted by Gasteiger charge is 2.47. The Bertz CT molecular complexity index is 534. The van der Waals surface area contributed by atoms with Gasteiger partial charge in [0.15, 0.2) is 6.29 Å². The molecule has 0 unspecified atom stereocenters. The lowest BCUT2D eigenvalue weighted by atomic mass is 9.98. The van der Waals surface area contributed by atoms with Crippen LogP contribution in [0.25, 0.3) is 0 Å². The lowest BCUT2D eigenvalue weighted by Crippen LogP contribution is -2.61. The van der Waals surface area contributed by atoms with E-state index in [-0.39, 0.29) is 13.2 Å². The Morgan fingerprint density at radius 3 is 2.35 bits per heavy atom. The second-order valence-electron chi connectivity index (χ2n) is 5.94. The summed E-state index contributed by atoms with van der Waals surface area (Å²) >= 11 is 0. The molecule has 6 nitrogen and oxygen atoms in total. The van der Waals surface area contributed by atoms with E-state index in [9.17, 15) is 5.11 Å². The third-order valence-electron chi connectivity index (χ3n) is 4.06. The summed E-state index contributed by atoms with van der Waals surface area (Å²) < 4.78 is 28.4. The maximum atomic E-state index is 10.7. The molecule has 1 aromatic carbocycles. The van der Waals surface area contributed by atoms with Crippen LogP contribution in [0.2, 0.25) is 0 Å². The normalized spacial score (nSPS) is 28.6. The van der Waals surface area contributed by atoms with Gasteiger partial charge in [0.05, 0.1) is 26.4 Å². The van der Waals surface area contributed by atoms with E-state index in [1.54, 1.807) is 12.2 Å².